The van der Waals surface area contributed by atoms with E-state index in [0.717, 1.165) is 22.5 Å². The van der Waals surface area contributed by atoms with Crippen LogP contribution >= 0.6 is 11.3 Å². The molecule has 0 N–H and O–H groups in total. The van der Waals surface area contributed by atoms with Crippen LogP contribution < -0.4 is 0 Å². The zero-order valence-electron chi connectivity index (χ0n) is 15.6. The van der Waals surface area contributed by atoms with E-state index in [1.807, 2.05) is 50.4 Å². The Morgan fingerprint density at radius 2 is 1.89 bits per heavy atom. The lowest BCUT2D eigenvalue weighted by molar-refractivity contribution is 0.0786. The van der Waals surface area contributed by atoms with Gasteiger partial charge in [-0.1, -0.05) is 18.2 Å². The molecule has 0 atom stereocenters. The second-order valence-corrected chi connectivity index (χ2v) is 7.72. The van der Waals surface area contributed by atoms with Crippen molar-refractivity contribution in [3.63, 3.8) is 0 Å². The van der Waals surface area contributed by atoms with Gasteiger partial charge in [-0.25, -0.2) is 4.98 Å². The summed E-state index contributed by atoms with van der Waals surface area (Å²) >= 11 is 1.69. The summed E-state index contributed by atoms with van der Waals surface area (Å²) in [5.41, 5.74) is 4.81. The molecule has 2 aromatic carbocycles. The molecule has 0 aliphatic rings. The monoisotopic (exact) mass is 375 g/mol. The van der Waals surface area contributed by atoms with Crippen LogP contribution in [-0.4, -0.2) is 27.4 Å². The topological polar surface area (TPSA) is 38.1 Å². The van der Waals surface area contributed by atoms with Crippen molar-refractivity contribution in [2.45, 2.75) is 20.4 Å². The van der Waals surface area contributed by atoms with Crippen LogP contribution in [0.4, 0.5) is 0 Å². The van der Waals surface area contributed by atoms with Gasteiger partial charge in [0.15, 0.2) is 0 Å². The lowest BCUT2D eigenvalue weighted by Gasteiger charge is -2.17. The number of rotatable bonds is 4. The summed E-state index contributed by atoms with van der Waals surface area (Å²) in [6.45, 7) is 4.69. The molecule has 0 fully saturated rings. The number of carbonyl (C=O) groups is 1. The quantitative estimate of drug-likeness (QED) is 0.505. The normalized spacial score (nSPS) is 11.1. The van der Waals surface area contributed by atoms with E-state index < -0.39 is 0 Å². The molecule has 4 rings (SSSR count). The van der Waals surface area contributed by atoms with Gasteiger partial charge < -0.3 is 4.90 Å². The smallest absolute Gasteiger partial charge is 0.254 e. The van der Waals surface area contributed by atoms with Gasteiger partial charge in [-0.15, -0.1) is 11.3 Å². The second kappa shape index (κ2) is 7.00. The summed E-state index contributed by atoms with van der Waals surface area (Å²) in [5.74, 6) is 0.917. The molecule has 0 unspecified atom stereocenters. The average molecular weight is 375 g/mol. The van der Waals surface area contributed by atoms with Crippen molar-refractivity contribution in [2.24, 2.45) is 0 Å². The number of fused-ring (bicyclic) bond motifs is 1. The molecule has 5 heteroatoms. The zero-order chi connectivity index (χ0) is 19.0. The van der Waals surface area contributed by atoms with E-state index in [2.05, 4.69) is 40.1 Å². The highest BCUT2D eigenvalue weighted by Crippen LogP contribution is 2.23. The largest absolute Gasteiger partial charge is 0.337 e. The minimum atomic E-state index is 0.0108. The number of amides is 1. The van der Waals surface area contributed by atoms with E-state index in [0.29, 0.717) is 12.1 Å². The molecule has 0 spiro atoms. The Bertz CT molecular complexity index is 1110. The van der Waals surface area contributed by atoms with Crippen molar-refractivity contribution in [3.8, 4) is 5.69 Å². The standard InChI is InChI=1S/C22H21N3OS/c1-15-11-12-27-21(15)14-24(3)22(26)17-9-10-20-19(13-17)23-16(2)25(20)18-7-5-4-6-8-18/h4-13H,14H2,1-3H3. The summed E-state index contributed by atoms with van der Waals surface area (Å²) in [6, 6.07) is 18.0. The summed E-state index contributed by atoms with van der Waals surface area (Å²) < 4.78 is 2.11. The van der Waals surface area contributed by atoms with Crippen LogP contribution in [0.25, 0.3) is 16.7 Å². The van der Waals surface area contributed by atoms with Crippen molar-refractivity contribution < 1.29 is 4.79 Å². The lowest BCUT2D eigenvalue weighted by Crippen LogP contribution is -2.26. The molecule has 2 aromatic heterocycles. The van der Waals surface area contributed by atoms with Gasteiger partial charge >= 0.3 is 0 Å². The summed E-state index contributed by atoms with van der Waals surface area (Å²) in [6.07, 6.45) is 0. The van der Waals surface area contributed by atoms with Crippen LogP contribution in [0.3, 0.4) is 0 Å². The number of nitrogens with zero attached hydrogens (tertiary/aromatic N) is 3. The van der Waals surface area contributed by atoms with E-state index in [9.17, 15) is 4.79 Å². The van der Waals surface area contributed by atoms with Crippen molar-refractivity contribution in [2.75, 3.05) is 7.05 Å². The molecule has 0 saturated carbocycles. The first-order valence-corrected chi connectivity index (χ1v) is 9.75. The highest BCUT2D eigenvalue weighted by atomic mass is 32.1. The highest BCUT2D eigenvalue weighted by Gasteiger charge is 2.16. The number of carbonyl (C=O) groups excluding carboxylic acids is 1. The maximum absolute atomic E-state index is 12.9. The molecule has 2 heterocycles. The number of aromatic nitrogens is 2. The molecule has 0 bridgehead atoms. The van der Waals surface area contributed by atoms with Gasteiger partial charge in [-0.3, -0.25) is 9.36 Å². The third-order valence-corrected chi connectivity index (χ3v) is 5.79. The number of thiophene rings is 1. The molecule has 0 radical (unpaired) electrons. The Morgan fingerprint density at radius 3 is 2.59 bits per heavy atom. The summed E-state index contributed by atoms with van der Waals surface area (Å²) in [4.78, 5) is 20.5. The van der Waals surface area contributed by atoms with Crippen LogP contribution in [0.1, 0.15) is 26.6 Å². The lowest BCUT2D eigenvalue weighted by atomic mass is 10.1. The Kier molecular flexibility index (Phi) is 4.54. The van der Waals surface area contributed by atoms with E-state index in [-0.39, 0.29) is 5.91 Å². The van der Waals surface area contributed by atoms with Gasteiger partial charge in [0.25, 0.3) is 5.91 Å². The van der Waals surface area contributed by atoms with Crippen molar-refractivity contribution in [3.05, 3.63) is 81.8 Å². The van der Waals surface area contributed by atoms with Gasteiger partial charge in [-0.05, 0) is 61.2 Å². The highest BCUT2D eigenvalue weighted by molar-refractivity contribution is 7.10. The number of benzene rings is 2. The Labute approximate surface area is 162 Å². The molecule has 0 aliphatic carbocycles. The Hall–Kier alpha value is -2.92. The van der Waals surface area contributed by atoms with Gasteiger partial charge in [0.2, 0.25) is 0 Å². The van der Waals surface area contributed by atoms with Crippen LogP contribution in [-0.2, 0) is 6.54 Å². The zero-order valence-corrected chi connectivity index (χ0v) is 16.5. The molecular formula is C22H21N3OS. The van der Waals surface area contributed by atoms with Crippen LogP contribution in [0.2, 0.25) is 0 Å². The van der Waals surface area contributed by atoms with E-state index in [4.69, 9.17) is 0 Å². The molecule has 0 saturated heterocycles. The van der Waals surface area contributed by atoms with Gasteiger partial charge in [0.1, 0.15) is 5.82 Å². The average Bonchev–Trinajstić information content (AvgIpc) is 3.23. The second-order valence-electron chi connectivity index (χ2n) is 6.72. The maximum Gasteiger partial charge on any atom is 0.254 e. The summed E-state index contributed by atoms with van der Waals surface area (Å²) in [5, 5.41) is 2.06. The Morgan fingerprint density at radius 1 is 1.11 bits per heavy atom. The van der Waals surface area contributed by atoms with Crippen molar-refractivity contribution in [1.82, 2.24) is 14.5 Å². The molecular weight excluding hydrogens is 354 g/mol. The molecule has 27 heavy (non-hydrogen) atoms. The fourth-order valence-electron chi connectivity index (χ4n) is 3.31. The predicted octanol–water partition coefficient (Wildman–Crippen LogP) is 4.98. The minimum Gasteiger partial charge on any atom is -0.337 e. The van der Waals surface area contributed by atoms with E-state index in [1.54, 1.807) is 16.2 Å². The number of hydrogen-bond acceptors (Lipinski definition) is 3. The third-order valence-electron chi connectivity index (χ3n) is 4.78. The third kappa shape index (κ3) is 3.26. The van der Waals surface area contributed by atoms with Crippen molar-refractivity contribution in [1.29, 1.82) is 0 Å². The first kappa shape index (κ1) is 17.5. The maximum atomic E-state index is 12.9. The van der Waals surface area contributed by atoms with E-state index >= 15 is 0 Å². The fourth-order valence-corrected chi connectivity index (χ4v) is 4.27. The molecule has 136 valence electrons. The summed E-state index contributed by atoms with van der Waals surface area (Å²) in [7, 11) is 1.85. The number of hydrogen-bond donors (Lipinski definition) is 0. The van der Waals surface area contributed by atoms with Crippen LogP contribution in [0, 0.1) is 13.8 Å². The molecule has 0 aliphatic heterocycles. The van der Waals surface area contributed by atoms with Crippen molar-refractivity contribution >= 4 is 28.3 Å². The molecule has 1 amide bonds. The van der Waals surface area contributed by atoms with Crippen LogP contribution in [0.5, 0.6) is 0 Å². The number of para-hydroxylation sites is 1. The SMILES string of the molecule is Cc1ccsc1CN(C)C(=O)c1ccc2c(c1)nc(C)n2-c1ccccc1. The number of imidazole rings is 1. The Balaban J connectivity index is 1.66. The predicted molar refractivity (Wildman–Crippen MR) is 111 cm³/mol. The minimum absolute atomic E-state index is 0.0108. The van der Waals surface area contributed by atoms with Gasteiger partial charge in [0, 0.05) is 23.2 Å². The first-order valence-electron chi connectivity index (χ1n) is 8.87. The molecule has 4 nitrogen and oxygen atoms in total. The van der Waals surface area contributed by atoms with Crippen LogP contribution in [0.15, 0.2) is 60.0 Å². The number of aryl methyl sites for hydroxylation is 2. The molecule has 4 aromatic rings. The van der Waals surface area contributed by atoms with Gasteiger partial charge in [0.05, 0.1) is 17.6 Å². The first-order chi connectivity index (χ1) is 13.0. The van der Waals surface area contributed by atoms with Gasteiger partial charge in [-0.2, -0.15) is 0 Å². The van der Waals surface area contributed by atoms with E-state index in [1.165, 1.54) is 10.4 Å². The fraction of sp³-hybridized carbons (Fsp3) is 0.182.